The minimum absolute atomic E-state index is 0.480. The third-order valence-electron chi connectivity index (χ3n) is 0.860. The maximum atomic E-state index is 9.71. The molecule has 0 aliphatic carbocycles. The van der Waals surface area contributed by atoms with Gasteiger partial charge in [-0.25, -0.2) is 0 Å². The molecule has 0 saturated carbocycles. The first-order chi connectivity index (χ1) is 4.77. The van der Waals surface area contributed by atoms with Gasteiger partial charge in [-0.2, -0.15) is 0 Å². The minimum atomic E-state index is -0.480. The molecule has 0 aromatic heterocycles. The van der Waals surface area contributed by atoms with Crippen LogP contribution < -0.4 is 0 Å². The average Bonchev–Trinajstić information content (AvgIpc) is 1.87. The van der Waals surface area contributed by atoms with Gasteiger partial charge < -0.3 is 4.74 Å². The largest absolute Gasteiger partial charge is 0.381 e. The molecular weight excluding hydrogens is 134 g/mol. The van der Waals surface area contributed by atoms with Gasteiger partial charge in [0.25, 0.3) is 0 Å². The Morgan fingerprint density at radius 2 is 2.40 bits per heavy atom. The van der Waals surface area contributed by atoms with Crippen LogP contribution in [0.1, 0.15) is 13.3 Å². The van der Waals surface area contributed by atoms with E-state index in [-0.39, 0.29) is 0 Å². The van der Waals surface area contributed by atoms with E-state index in [0.717, 1.165) is 6.20 Å². The molecule has 0 aromatic carbocycles. The Labute approximate surface area is 59.6 Å². The van der Waals surface area contributed by atoms with Crippen LogP contribution in [0.15, 0.2) is 12.3 Å². The molecule has 4 nitrogen and oxygen atoms in total. The smallest absolute Gasteiger partial charge is 0.230 e. The SMILES string of the molecule is CCOCCC=C[N+](=O)[O-]. The summed E-state index contributed by atoms with van der Waals surface area (Å²) in [5, 5.41) is 9.71. The molecule has 58 valence electrons. The second kappa shape index (κ2) is 6.22. The van der Waals surface area contributed by atoms with Crippen LogP contribution in [0.4, 0.5) is 0 Å². The fourth-order valence-corrected chi connectivity index (χ4v) is 0.456. The Morgan fingerprint density at radius 1 is 1.70 bits per heavy atom. The van der Waals surface area contributed by atoms with E-state index in [0.29, 0.717) is 19.6 Å². The van der Waals surface area contributed by atoms with Gasteiger partial charge in [-0.1, -0.05) is 0 Å². The molecule has 0 saturated heterocycles. The summed E-state index contributed by atoms with van der Waals surface area (Å²) in [4.78, 5) is 9.23. The van der Waals surface area contributed by atoms with Crippen LogP contribution in [0.25, 0.3) is 0 Å². The second-order valence-corrected chi connectivity index (χ2v) is 1.66. The molecule has 0 radical (unpaired) electrons. The second-order valence-electron chi connectivity index (χ2n) is 1.66. The van der Waals surface area contributed by atoms with Crippen molar-refractivity contribution < 1.29 is 9.66 Å². The van der Waals surface area contributed by atoms with Crippen molar-refractivity contribution in [2.75, 3.05) is 13.2 Å². The van der Waals surface area contributed by atoms with Crippen molar-refractivity contribution in [2.45, 2.75) is 13.3 Å². The quantitative estimate of drug-likeness (QED) is 0.332. The number of hydrogen-bond acceptors (Lipinski definition) is 3. The summed E-state index contributed by atoms with van der Waals surface area (Å²) >= 11 is 0. The third kappa shape index (κ3) is 7.10. The summed E-state index contributed by atoms with van der Waals surface area (Å²) in [6.45, 7) is 3.10. The zero-order valence-corrected chi connectivity index (χ0v) is 5.95. The van der Waals surface area contributed by atoms with Gasteiger partial charge in [-0.3, -0.25) is 10.1 Å². The van der Waals surface area contributed by atoms with Crippen molar-refractivity contribution in [3.8, 4) is 0 Å². The van der Waals surface area contributed by atoms with E-state index in [4.69, 9.17) is 4.74 Å². The standard InChI is InChI=1S/C6H11NO3/c1-2-10-6-4-3-5-7(8)9/h3,5H,2,4,6H2,1H3. The Bertz CT molecular complexity index is 122. The molecule has 10 heavy (non-hydrogen) atoms. The molecule has 0 N–H and O–H groups in total. The fourth-order valence-electron chi connectivity index (χ4n) is 0.456. The highest BCUT2D eigenvalue weighted by Crippen LogP contribution is 1.84. The highest BCUT2D eigenvalue weighted by molar-refractivity contribution is 4.71. The third-order valence-corrected chi connectivity index (χ3v) is 0.860. The molecule has 0 atom stereocenters. The van der Waals surface area contributed by atoms with Crippen LogP contribution in [0.2, 0.25) is 0 Å². The molecule has 0 bridgehead atoms. The Morgan fingerprint density at radius 3 is 2.90 bits per heavy atom. The average molecular weight is 145 g/mol. The lowest BCUT2D eigenvalue weighted by molar-refractivity contribution is -0.402. The molecule has 0 aliphatic heterocycles. The van der Waals surface area contributed by atoms with Crippen molar-refractivity contribution in [1.82, 2.24) is 0 Å². The van der Waals surface area contributed by atoms with E-state index in [1.165, 1.54) is 6.08 Å². The fraction of sp³-hybridized carbons (Fsp3) is 0.667. The lowest BCUT2D eigenvalue weighted by Crippen LogP contribution is -1.91. The van der Waals surface area contributed by atoms with Crippen molar-refractivity contribution in [2.24, 2.45) is 0 Å². The van der Waals surface area contributed by atoms with Gasteiger partial charge in [0.15, 0.2) is 0 Å². The summed E-state index contributed by atoms with van der Waals surface area (Å²) in [5.41, 5.74) is 0. The van der Waals surface area contributed by atoms with E-state index in [2.05, 4.69) is 0 Å². The number of hydrogen-bond donors (Lipinski definition) is 0. The Hall–Kier alpha value is -0.900. The van der Waals surface area contributed by atoms with Crippen molar-refractivity contribution in [3.63, 3.8) is 0 Å². The Kier molecular flexibility index (Phi) is 5.66. The molecule has 0 aliphatic rings. The molecule has 4 heteroatoms. The number of nitro groups is 1. The first-order valence-electron chi connectivity index (χ1n) is 3.15. The van der Waals surface area contributed by atoms with Crippen LogP contribution in [0, 0.1) is 10.1 Å². The van der Waals surface area contributed by atoms with Gasteiger partial charge in [0.1, 0.15) is 0 Å². The summed E-state index contributed by atoms with van der Waals surface area (Å²) in [6, 6.07) is 0. The highest BCUT2D eigenvalue weighted by Gasteiger charge is 1.84. The minimum Gasteiger partial charge on any atom is -0.381 e. The van der Waals surface area contributed by atoms with Crippen molar-refractivity contribution in [3.05, 3.63) is 22.4 Å². The number of rotatable bonds is 5. The molecule has 0 unspecified atom stereocenters. The lowest BCUT2D eigenvalue weighted by Gasteiger charge is -1.92. The summed E-state index contributed by atoms with van der Waals surface area (Å²) in [6.07, 6.45) is 3.02. The van der Waals surface area contributed by atoms with E-state index in [1.807, 2.05) is 6.92 Å². The molecule has 0 rings (SSSR count). The van der Waals surface area contributed by atoms with Crippen LogP contribution >= 0.6 is 0 Å². The van der Waals surface area contributed by atoms with E-state index < -0.39 is 4.92 Å². The monoisotopic (exact) mass is 145 g/mol. The van der Waals surface area contributed by atoms with Crippen molar-refractivity contribution >= 4 is 0 Å². The molecule has 0 amide bonds. The first kappa shape index (κ1) is 9.10. The predicted octanol–water partition coefficient (Wildman–Crippen LogP) is 1.20. The normalized spacial score (nSPS) is 10.5. The van der Waals surface area contributed by atoms with Crippen molar-refractivity contribution in [1.29, 1.82) is 0 Å². The molecular formula is C6H11NO3. The van der Waals surface area contributed by atoms with Crippen LogP contribution in [0.3, 0.4) is 0 Å². The van der Waals surface area contributed by atoms with E-state index >= 15 is 0 Å². The maximum absolute atomic E-state index is 9.71. The van der Waals surface area contributed by atoms with Crippen LogP contribution in [0.5, 0.6) is 0 Å². The molecule has 0 spiro atoms. The van der Waals surface area contributed by atoms with Crippen LogP contribution in [-0.4, -0.2) is 18.1 Å². The van der Waals surface area contributed by atoms with E-state index in [1.54, 1.807) is 0 Å². The van der Waals surface area contributed by atoms with Gasteiger partial charge in [-0.05, 0) is 19.4 Å². The summed E-state index contributed by atoms with van der Waals surface area (Å²) in [5.74, 6) is 0. The maximum Gasteiger partial charge on any atom is 0.230 e. The van der Waals surface area contributed by atoms with Gasteiger partial charge in [0.2, 0.25) is 6.20 Å². The van der Waals surface area contributed by atoms with Crippen LogP contribution in [-0.2, 0) is 4.74 Å². The van der Waals surface area contributed by atoms with Gasteiger partial charge >= 0.3 is 0 Å². The zero-order valence-electron chi connectivity index (χ0n) is 5.95. The summed E-state index contributed by atoms with van der Waals surface area (Å²) < 4.78 is 4.94. The summed E-state index contributed by atoms with van der Waals surface area (Å²) in [7, 11) is 0. The molecule has 0 heterocycles. The Balaban J connectivity index is 3.10. The molecule has 0 fully saturated rings. The zero-order chi connectivity index (χ0) is 7.82. The first-order valence-corrected chi connectivity index (χ1v) is 3.15. The molecule has 0 aromatic rings. The van der Waals surface area contributed by atoms with Gasteiger partial charge in [0, 0.05) is 6.61 Å². The van der Waals surface area contributed by atoms with Gasteiger partial charge in [0.05, 0.1) is 11.5 Å². The highest BCUT2D eigenvalue weighted by atomic mass is 16.6. The van der Waals surface area contributed by atoms with Gasteiger partial charge in [-0.15, -0.1) is 0 Å². The van der Waals surface area contributed by atoms with E-state index in [9.17, 15) is 10.1 Å². The number of ether oxygens (including phenoxy) is 1. The topological polar surface area (TPSA) is 52.4 Å². The predicted molar refractivity (Wildman–Crippen MR) is 37.2 cm³/mol. The lowest BCUT2D eigenvalue weighted by atomic mass is 10.4. The number of nitrogens with zero attached hydrogens (tertiary/aromatic N) is 1.